The van der Waals surface area contributed by atoms with Crippen LogP contribution >= 0.6 is 0 Å². The molecule has 7 aromatic carbocycles. The summed E-state index contributed by atoms with van der Waals surface area (Å²) in [5, 5.41) is 4.90. The summed E-state index contributed by atoms with van der Waals surface area (Å²) >= 11 is 0. The third kappa shape index (κ3) is 5.20. The fourth-order valence-electron chi connectivity index (χ4n) is 8.05. The second-order valence-corrected chi connectivity index (χ2v) is 14.5. The molecule has 0 amide bonds. The van der Waals surface area contributed by atoms with Crippen LogP contribution in [-0.4, -0.2) is 24.1 Å². The molecule has 258 valence electrons. The summed E-state index contributed by atoms with van der Waals surface area (Å²) in [5.41, 5.74) is 14.7. The molecule has 54 heavy (non-hydrogen) atoms. The molecule has 0 aliphatic rings. The van der Waals surface area contributed by atoms with E-state index in [0.29, 0.717) is 17.6 Å². The largest absolute Gasteiger partial charge is 0.309 e. The lowest BCUT2D eigenvalue weighted by molar-refractivity contribution is 0.953. The smallest absolute Gasteiger partial charge is 0.238 e. The predicted octanol–water partition coefficient (Wildman–Crippen LogP) is 12.3. The van der Waals surface area contributed by atoms with Crippen molar-refractivity contribution in [2.75, 3.05) is 0 Å². The zero-order valence-corrected chi connectivity index (χ0v) is 30.7. The molecule has 0 aliphatic heterocycles. The van der Waals surface area contributed by atoms with Gasteiger partial charge in [0.1, 0.15) is 0 Å². The third-order valence-corrected chi connectivity index (χ3v) is 10.6. The molecule has 0 unspecified atom stereocenters. The maximum absolute atomic E-state index is 5.21. The first-order valence-corrected chi connectivity index (χ1v) is 18.4. The van der Waals surface area contributed by atoms with E-state index in [1.807, 2.05) is 36.4 Å². The summed E-state index contributed by atoms with van der Waals surface area (Å²) in [6, 6.07) is 54.1. The molecule has 0 saturated carbocycles. The average molecular weight is 696 g/mol. The molecular formula is C49H37N5. The van der Waals surface area contributed by atoms with Crippen LogP contribution in [0.15, 0.2) is 152 Å². The second kappa shape index (κ2) is 12.4. The van der Waals surface area contributed by atoms with Gasteiger partial charge in [-0.15, -0.1) is 0 Å². The van der Waals surface area contributed by atoms with Gasteiger partial charge in [0.05, 0.1) is 22.1 Å². The van der Waals surface area contributed by atoms with Crippen molar-refractivity contribution in [2.45, 2.75) is 27.7 Å². The number of nitrogens with zero attached hydrogens (tertiary/aromatic N) is 5. The molecule has 0 atom stereocenters. The van der Waals surface area contributed by atoms with Gasteiger partial charge in [0.2, 0.25) is 5.95 Å². The van der Waals surface area contributed by atoms with Crippen molar-refractivity contribution in [3.63, 3.8) is 0 Å². The lowest BCUT2D eigenvalue weighted by Crippen LogP contribution is -2.07. The number of aryl methyl sites for hydroxylation is 4. The molecule has 3 heterocycles. The zero-order valence-electron chi connectivity index (χ0n) is 30.7. The van der Waals surface area contributed by atoms with Crippen molar-refractivity contribution in [3.8, 4) is 45.5 Å². The van der Waals surface area contributed by atoms with Crippen molar-refractivity contribution in [2.24, 2.45) is 0 Å². The molecule has 3 aromatic heterocycles. The molecule has 0 bridgehead atoms. The first-order chi connectivity index (χ1) is 26.4. The highest BCUT2D eigenvalue weighted by atomic mass is 15.2. The van der Waals surface area contributed by atoms with Gasteiger partial charge in [-0.2, -0.15) is 9.97 Å². The van der Waals surface area contributed by atoms with E-state index >= 15 is 0 Å². The summed E-state index contributed by atoms with van der Waals surface area (Å²) in [6.45, 7) is 8.66. The van der Waals surface area contributed by atoms with Crippen molar-refractivity contribution in [3.05, 3.63) is 174 Å². The molecule has 0 aliphatic carbocycles. The highest BCUT2D eigenvalue weighted by Gasteiger charge is 2.22. The van der Waals surface area contributed by atoms with Crippen molar-refractivity contribution in [1.29, 1.82) is 0 Å². The van der Waals surface area contributed by atoms with Crippen molar-refractivity contribution >= 4 is 43.6 Å². The first kappa shape index (κ1) is 31.9. The summed E-state index contributed by atoms with van der Waals surface area (Å²) in [6.07, 6.45) is 0. The van der Waals surface area contributed by atoms with E-state index in [2.05, 4.69) is 152 Å². The van der Waals surface area contributed by atoms with Gasteiger partial charge in [-0.1, -0.05) is 108 Å². The topological polar surface area (TPSA) is 48.5 Å². The predicted molar refractivity (Wildman–Crippen MR) is 224 cm³/mol. The minimum atomic E-state index is 0.587. The Kier molecular flexibility index (Phi) is 7.31. The average Bonchev–Trinajstić information content (AvgIpc) is 3.69. The molecule has 5 nitrogen and oxygen atoms in total. The Hall–Kier alpha value is -6.85. The highest BCUT2D eigenvalue weighted by Crippen LogP contribution is 2.40. The number of benzene rings is 7. The SMILES string of the molecule is Cc1ccc2c(c1)c1cc(C)ccc1n2-c1ccc(-c2cc(C)cc3c4cc(C)ccc4n(-c4nc(-c5ccccc5)nc(-c5ccccc5)n4)c23)cc1. The zero-order chi connectivity index (χ0) is 36.5. The fourth-order valence-corrected chi connectivity index (χ4v) is 8.05. The van der Waals surface area contributed by atoms with E-state index in [0.717, 1.165) is 39.0 Å². The lowest BCUT2D eigenvalue weighted by Gasteiger charge is -2.14. The minimum Gasteiger partial charge on any atom is -0.309 e. The number of hydrogen-bond donors (Lipinski definition) is 0. The van der Waals surface area contributed by atoms with Crippen LogP contribution in [0.5, 0.6) is 0 Å². The van der Waals surface area contributed by atoms with Crippen LogP contribution in [0.25, 0.3) is 89.2 Å². The number of hydrogen-bond acceptors (Lipinski definition) is 3. The third-order valence-electron chi connectivity index (χ3n) is 10.6. The summed E-state index contributed by atoms with van der Waals surface area (Å²) in [7, 11) is 0. The van der Waals surface area contributed by atoms with Gasteiger partial charge in [-0.3, -0.25) is 4.57 Å². The number of aromatic nitrogens is 5. The van der Waals surface area contributed by atoms with Gasteiger partial charge in [0.25, 0.3) is 0 Å². The lowest BCUT2D eigenvalue weighted by atomic mass is 9.98. The summed E-state index contributed by atoms with van der Waals surface area (Å²) in [4.78, 5) is 15.4. The standard InChI is InChI=1S/C49H37N5/c1-30-15-22-43-39(25-30)40-26-31(2)16-23-44(40)53(43)37-20-18-34(19-21-37)38-28-33(4)29-42-41-27-32(3)17-24-45(41)54(46(38)42)49-51-47(35-11-7-5-8-12-35)50-48(52-49)36-13-9-6-10-14-36/h5-29H,1-4H3. The van der Waals surface area contributed by atoms with Crippen molar-refractivity contribution in [1.82, 2.24) is 24.1 Å². The molecule has 0 radical (unpaired) electrons. The molecule has 0 fully saturated rings. The number of rotatable bonds is 5. The van der Waals surface area contributed by atoms with Gasteiger partial charge in [-0.05, 0) is 99.5 Å². The Balaban J connectivity index is 1.22. The normalized spacial score (nSPS) is 11.7. The summed E-state index contributed by atoms with van der Waals surface area (Å²) < 4.78 is 4.63. The van der Waals surface area contributed by atoms with Gasteiger partial charge < -0.3 is 4.57 Å². The van der Waals surface area contributed by atoms with E-state index in [1.54, 1.807) is 0 Å². The van der Waals surface area contributed by atoms with Gasteiger partial charge >= 0.3 is 0 Å². The second-order valence-electron chi connectivity index (χ2n) is 14.5. The monoisotopic (exact) mass is 695 g/mol. The van der Waals surface area contributed by atoms with Crippen LogP contribution in [0, 0.1) is 27.7 Å². The Labute approximate surface area is 313 Å². The molecule has 10 aromatic rings. The van der Waals surface area contributed by atoms with E-state index in [9.17, 15) is 0 Å². The van der Waals surface area contributed by atoms with E-state index in [4.69, 9.17) is 15.0 Å². The van der Waals surface area contributed by atoms with Crippen LogP contribution in [-0.2, 0) is 0 Å². The Morgan fingerprint density at radius 3 is 1.35 bits per heavy atom. The van der Waals surface area contributed by atoms with Gasteiger partial charge in [-0.25, -0.2) is 4.98 Å². The number of fused-ring (bicyclic) bond motifs is 6. The van der Waals surface area contributed by atoms with Gasteiger partial charge in [0.15, 0.2) is 11.6 Å². The Morgan fingerprint density at radius 2 is 0.833 bits per heavy atom. The fraction of sp³-hybridized carbons (Fsp3) is 0.0816. The molecule has 10 rings (SSSR count). The molecule has 0 saturated heterocycles. The quantitative estimate of drug-likeness (QED) is 0.180. The van der Waals surface area contributed by atoms with E-state index < -0.39 is 0 Å². The van der Waals surface area contributed by atoms with Crippen LogP contribution in [0.4, 0.5) is 0 Å². The van der Waals surface area contributed by atoms with E-state index in [1.165, 1.54) is 54.8 Å². The first-order valence-electron chi connectivity index (χ1n) is 18.4. The summed E-state index contributed by atoms with van der Waals surface area (Å²) in [5.74, 6) is 1.86. The molecule has 0 spiro atoms. The Bertz CT molecular complexity index is 2950. The van der Waals surface area contributed by atoms with Crippen LogP contribution < -0.4 is 0 Å². The van der Waals surface area contributed by atoms with Gasteiger partial charge in [0, 0.05) is 43.9 Å². The molecule has 0 N–H and O–H groups in total. The minimum absolute atomic E-state index is 0.587. The molecular weight excluding hydrogens is 659 g/mol. The van der Waals surface area contributed by atoms with Crippen LogP contribution in [0.1, 0.15) is 22.3 Å². The highest BCUT2D eigenvalue weighted by molar-refractivity contribution is 6.14. The maximum Gasteiger partial charge on any atom is 0.238 e. The van der Waals surface area contributed by atoms with E-state index in [-0.39, 0.29) is 0 Å². The Morgan fingerprint density at radius 1 is 0.370 bits per heavy atom. The van der Waals surface area contributed by atoms with Crippen LogP contribution in [0.2, 0.25) is 0 Å². The van der Waals surface area contributed by atoms with Crippen molar-refractivity contribution < 1.29 is 0 Å². The molecule has 5 heteroatoms. The van der Waals surface area contributed by atoms with Crippen LogP contribution in [0.3, 0.4) is 0 Å². The maximum atomic E-state index is 5.21.